The number of Topliss-reactive ketones (excluding diaryl/α,β-unsaturated/α-hetero) is 1. The number of β-lactam (4-membered cyclic amide) rings is 1. The number of likely N-dealkylation sites (tertiary alicyclic amines) is 2. The van der Waals surface area contributed by atoms with Gasteiger partial charge in [-0.15, -0.1) is 0 Å². The zero-order valence-corrected chi connectivity index (χ0v) is 32.1. The summed E-state index contributed by atoms with van der Waals surface area (Å²) < 4.78 is 23.2. The van der Waals surface area contributed by atoms with Gasteiger partial charge in [0, 0.05) is 18.9 Å². The zero-order chi connectivity index (χ0) is 35.4. The third kappa shape index (κ3) is 8.08. The van der Waals surface area contributed by atoms with Crippen LogP contribution in [0.1, 0.15) is 61.3 Å². The Hall–Kier alpha value is -2.62. The van der Waals surface area contributed by atoms with E-state index in [0.29, 0.717) is 6.42 Å². The quantitative estimate of drug-likeness (QED) is 0.0922. The smallest absolute Gasteiger partial charge is 0.410 e. The van der Waals surface area contributed by atoms with E-state index in [9.17, 15) is 24.0 Å². The van der Waals surface area contributed by atoms with Crippen LogP contribution in [0.25, 0.3) is 0 Å². The van der Waals surface area contributed by atoms with E-state index in [1.54, 1.807) is 4.90 Å². The molecule has 0 radical (unpaired) electrons. The normalized spacial score (nSPS) is 24.8. The van der Waals surface area contributed by atoms with E-state index >= 15 is 0 Å². The van der Waals surface area contributed by atoms with Crippen molar-refractivity contribution >= 4 is 47.7 Å². The lowest BCUT2D eigenvalue weighted by Gasteiger charge is -2.57. The first-order valence-corrected chi connectivity index (χ1v) is 21.7. The SMILES string of the molecule is C=CCOC(=O)C(=O)N1C(=O)[C@H]([C@@](C)(O[SiH](C)C)C(C)(C)C)[C@H]1CC(=O)C1CN(C(=O)OCC=C)[C@](CO[SiH](C)C)(C(C)(C)C)C1. The average Bonchev–Trinajstić information content (AvgIpc) is 3.33. The van der Waals surface area contributed by atoms with Crippen molar-refractivity contribution in [3.05, 3.63) is 25.3 Å². The van der Waals surface area contributed by atoms with Crippen LogP contribution in [-0.2, 0) is 37.5 Å². The van der Waals surface area contributed by atoms with E-state index in [4.69, 9.17) is 18.3 Å². The van der Waals surface area contributed by atoms with Crippen LogP contribution in [0.15, 0.2) is 25.3 Å². The second-order valence-corrected chi connectivity index (χ2v) is 19.9. The Kier molecular flexibility index (Phi) is 13.0. The molecule has 0 aliphatic carbocycles. The molecule has 0 aromatic heterocycles. The Labute approximate surface area is 278 Å². The molecule has 2 rings (SSSR count). The topological polar surface area (TPSA) is 129 Å². The number of esters is 1. The van der Waals surface area contributed by atoms with Crippen LogP contribution in [-0.4, -0.2) is 101 Å². The molecule has 13 heteroatoms. The standard InChI is InChI=1S/C33H56N2O9Si2/c1-14-16-41-28(39)27(38)35-23(25(26(35)37)32(9,30(3,4)5)44-46(12)13)18-24(36)22-19-33(31(6,7)8,21-43-45(10)11)34(20-22)29(40)42-17-15-2/h14-15,22-23,25,45-46H,1-2,16-21H2,3-13H3/t22?,23-,25-,32-,33-/m1/s1. The predicted octanol–water partition coefficient (Wildman–Crippen LogP) is 4.26. The lowest BCUT2D eigenvalue weighted by atomic mass is 9.62. The first kappa shape index (κ1) is 39.6. The van der Waals surface area contributed by atoms with Gasteiger partial charge in [-0.25, -0.2) is 9.59 Å². The highest BCUT2D eigenvalue weighted by atomic mass is 28.3. The number of hydrogen-bond donors (Lipinski definition) is 0. The molecule has 2 fully saturated rings. The number of hydrogen-bond acceptors (Lipinski definition) is 9. The van der Waals surface area contributed by atoms with Crippen molar-refractivity contribution in [2.45, 2.75) is 105 Å². The van der Waals surface area contributed by atoms with Crippen molar-refractivity contribution in [3.8, 4) is 0 Å². The van der Waals surface area contributed by atoms with Gasteiger partial charge in [-0.2, -0.15) is 0 Å². The van der Waals surface area contributed by atoms with E-state index in [2.05, 4.69) is 13.2 Å². The number of carbonyl (C=O) groups is 5. The number of carbonyl (C=O) groups excluding carboxylic acids is 5. The second kappa shape index (κ2) is 15.1. The Morgan fingerprint density at radius 1 is 0.935 bits per heavy atom. The highest BCUT2D eigenvalue weighted by Crippen LogP contribution is 2.51. The minimum atomic E-state index is -1.73. The molecule has 0 bridgehead atoms. The van der Waals surface area contributed by atoms with Gasteiger partial charge in [0.1, 0.15) is 19.0 Å². The van der Waals surface area contributed by atoms with Crippen molar-refractivity contribution in [3.63, 3.8) is 0 Å². The molecule has 11 nitrogen and oxygen atoms in total. The van der Waals surface area contributed by atoms with Crippen LogP contribution in [0, 0.1) is 22.7 Å². The van der Waals surface area contributed by atoms with Crippen LogP contribution < -0.4 is 0 Å². The summed E-state index contributed by atoms with van der Waals surface area (Å²) in [6.45, 7) is 29.1. The summed E-state index contributed by atoms with van der Waals surface area (Å²) in [6, 6.07) is -0.939. The fourth-order valence-electron chi connectivity index (χ4n) is 6.50. The maximum absolute atomic E-state index is 14.3. The molecule has 2 heterocycles. The molecular formula is C33H56N2O9Si2. The highest BCUT2D eigenvalue weighted by molar-refractivity contribution is 6.48. The molecule has 0 N–H and O–H groups in total. The zero-order valence-electron chi connectivity index (χ0n) is 29.8. The number of nitrogens with zero attached hydrogens (tertiary/aromatic N) is 2. The number of amides is 3. The molecule has 2 aliphatic rings. The highest BCUT2D eigenvalue weighted by Gasteiger charge is 2.64. The maximum Gasteiger partial charge on any atom is 0.410 e. The average molecular weight is 681 g/mol. The predicted molar refractivity (Wildman–Crippen MR) is 181 cm³/mol. The lowest BCUT2D eigenvalue weighted by Crippen LogP contribution is -2.74. The largest absolute Gasteiger partial charge is 0.454 e. The summed E-state index contributed by atoms with van der Waals surface area (Å²) in [5, 5.41) is 0. The van der Waals surface area contributed by atoms with Gasteiger partial charge < -0.3 is 18.3 Å². The van der Waals surface area contributed by atoms with Gasteiger partial charge in [0.25, 0.3) is 0 Å². The van der Waals surface area contributed by atoms with Gasteiger partial charge in [0.05, 0.1) is 29.7 Å². The van der Waals surface area contributed by atoms with Crippen molar-refractivity contribution in [2.24, 2.45) is 22.7 Å². The molecule has 0 spiro atoms. The van der Waals surface area contributed by atoms with Gasteiger partial charge >= 0.3 is 18.0 Å². The lowest BCUT2D eigenvalue weighted by molar-refractivity contribution is -0.194. The third-order valence-corrected chi connectivity index (χ3v) is 11.3. The van der Waals surface area contributed by atoms with Crippen molar-refractivity contribution in [2.75, 3.05) is 26.4 Å². The molecule has 5 atom stereocenters. The summed E-state index contributed by atoms with van der Waals surface area (Å²) in [4.78, 5) is 69.9. The van der Waals surface area contributed by atoms with Gasteiger partial charge in [-0.05, 0) is 50.4 Å². The monoisotopic (exact) mass is 680 g/mol. The van der Waals surface area contributed by atoms with Crippen LogP contribution in [0.2, 0.25) is 26.2 Å². The van der Waals surface area contributed by atoms with Gasteiger partial charge in [-0.3, -0.25) is 24.2 Å². The molecule has 2 aliphatic heterocycles. The van der Waals surface area contributed by atoms with E-state index in [1.807, 2.05) is 74.7 Å². The minimum absolute atomic E-state index is 0.0173. The van der Waals surface area contributed by atoms with E-state index in [1.165, 1.54) is 12.2 Å². The molecule has 0 aromatic carbocycles. The van der Waals surface area contributed by atoms with Crippen LogP contribution >= 0.6 is 0 Å². The summed E-state index contributed by atoms with van der Waals surface area (Å²) in [6.07, 6.45) is 2.36. The number of imide groups is 1. The third-order valence-electron chi connectivity index (χ3n) is 9.47. The van der Waals surface area contributed by atoms with Crippen molar-refractivity contribution in [1.82, 2.24) is 9.80 Å². The molecule has 1 unspecified atom stereocenters. The molecule has 260 valence electrons. The Morgan fingerprint density at radius 2 is 1.50 bits per heavy atom. The van der Waals surface area contributed by atoms with Crippen molar-refractivity contribution < 1.29 is 42.3 Å². The van der Waals surface area contributed by atoms with Crippen LogP contribution in [0.3, 0.4) is 0 Å². The first-order chi connectivity index (χ1) is 21.1. The van der Waals surface area contributed by atoms with E-state index in [-0.39, 0.29) is 38.6 Å². The van der Waals surface area contributed by atoms with Gasteiger partial charge in [0.15, 0.2) is 18.1 Å². The number of ketones is 1. The maximum atomic E-state index is 14.3. The van der Waals surface area contributed by atoms with Crippen LogP contribution in [0.5, 0.6) is 0 Å². The molecule has 46 heavy (non-hydrogen) atoms. The summed E-state index contributed by atoms with van der Waals surface area (Å²) in [5.41, 5.74) is -2.93. The molecule has 3 amide bonds. The van der Waals surface area contributed by atoms with E-state index in [0.717, 1.165) is 4.90 Å². The Balaban J connectivity index is 2.57. The Bertz CT molecular complexity index is 1190. The van der Waals surface area contributed by atoms with Gasteiger partial charge in [-0.1, -0.05) is 66.9 Å². The number of rotatable bonds is 13. The second-order valence-electron chi connectivity index (χ2n) is 15.2. The van der Waals surface area contributed by atoms with Crippen LogP contribution in [0.4, 0.5) is 4.79 Å². The first-order valence-electron chi connectivity index (χ1n) is 16.1. The summed E-state index contributed by atoms with van der Waals surface area (Å²) in [7, 11) is -3.24. The summed E-state index contributed by atoms with van der Waals surface area (Å²) >= 11 is 0. The molecular weight excluding hydrogens is 625 g/mol. The minimum Gasteiger partial charge on any atom is -0.454 e. The molecule has 0 saturated carbocycles. The summed E-state index contributed by atoms with van der Waals surface area (Å²) in [5.74, 6) is -4.62. The van der Waals surface area contributed by atoms with E-state index < -0.39 is 81.8 Å². The van der Waals surface area contributed by atoms with Crippen molar-refractivity contribution in [1.29, 1.82) is 0 Å². The Morgan fingerprint density at radius 3 is 1.98 bits per heavy atom. The fourth-order valence-corrected chi connectivity index (χ4v) is 8.59. The van der Waals surface area contributed by atoms with Gasteiger partial charge in [0.2, 0.25) is 5.91 Å². The molecule has 0 aromatic rings. The molecule has 2 saturated heterocycles. The fraction of sp³-hybridized carbons (Fsp3) is 0.727. The number of ether oxygens (including phenoxy) is 2.